The molecule has 0 aliphatic heterocycles. The molecule has 0 amide bonds. The van der Waals surface area contributed by atoms with Gasteiger partial charge in [-0.2, -0.15) is 0 Å². The third-order valence-electron chi connectivity index (χ3n) is 2.66. The van der Waals surface area contributed by atoms with Crippen LogP contribution in [0.1, 0.15) is 19.4 Å². The highest BCUT2D eigenvalue weighted by atomic mass is 16.5. The minimum atomic E-state index is 0.383. The summed E-state index contributed by atoms with van der Waals surface area (Å²) in [7, 11) is 1.69. The van der Waals surface area contributed by atoms with Crippen molar-refractivity contribution in [3.63, 3.8) is 0 Å². The Balaban J connectivity index is 2.51. The summed E-state index contributed by atoms with van der Waals surface area (Å²) in [6, 6.07) is 8.59. The summed E-state index contributed by atoms with van der Waals surface area (Å²) in [5.41, 5.74) is 1.30. The van der Waals surface area contributed by atoms with Crippen molar-refractivity contribution in [2.45, 2.75) is 26.3 Å². The van der Waals surface area contributed by atoms with Gasteiger partial charge in [0.2, 0.25) is 0 Å². The van der Waals surface area contributed by atoms with Gasteiger partial charge in [-0.25, -0.2) is 0 Å². The van der Waals surface area contributed by atoms with Gasteiger partial charge in [0.05, 0.1) is 13.7 Å². The molecule has 0 radical (unpaired) electrons. The van der Waals surface area contributed by atoms with E-state index >= 15 is 0 Å². The van der Waals surface area contributed by atoms with Gasteiger partial charge in [-0.15, -0.1) is 0 Å². The van der Waals surface area contributed by atoms with Crippen molar-refractivity contribution >= 4 is 0 Å². The minimum absolute atomic E-state index is 0.383. The molecule has 0 aliphatic rings. The molecule has 96 valence electrons. The van der Waals surface area contributed by atoms with E-state index in [2.05, 4.69) is 24.4 Å². The van der Waals surface area contributed by atoms with Gasteiger partial charge < -0.3 is 14.8 Å². The van der Waals surface area contributed by atoms with Gasteiger partial charge in [0, 0.05) is 12.6 Å². The maximum absolute atomic E-state index is 5.48. The van der Waals surface area contributed by atoms with E-state index in [1.807, 2.05) is 19.1 Å². The highest BCUT2D eigenvalue weighted by molar-refractivity contribution is 5.27. The molecule has 0 fully saturated rings. The van der Waals surface area contributed by atoms with Crippen molar-refractivity contribution < 1.29 is 9.47 Å². The fourth-order valence-electron chi connectivity index (χ4n) is 1.78. The number of nitrogens with one attached hydrogen (secondary N) is 1. The highest BCUT2D eigenvalue weighted by Crippen LogP contribution is 2.12. The van der Waals surface area contributed by atoms with E-state index in [-0.39, 0.29) is 0 Å². The predicted molar refractivity (Wildman–Crippen MR) is 70.7 cm³/mol. The molecule has 3 nitrogen and oxygen atoms in total. The average Bonchev–Trinajstić information content (AvgIpc) is 2.37. The van der Waals surface area contributed by atoms with Gasteiger partial charge >= 0.3 is 0 Å². The molecule has 1 rings (SSSR count). The van der Waals surface area contributed by atoms with Crippen LogP contribution in [-0.2, 0) is 11.2 Å². The molecule has 1 N–H and O–H groups in total. The van der Waals surface area contributed by atoms with Gasteiger partial charge in [-0.05, 0) is 37.6 Å². The van der Waals surface area contributed by atoms with E-state index in [4.69, 9.17) is 9.47 Å². The average molecular weight is 237 g/mol. The Bertz CT molecular complexity index is 298. The molecule has 3 heteroatoms. The molecular formula is C14H23NO2. The molecule has 0 saturated heterocycles. The van der Waals surface area contributed by atoms with Gasteiger partial charge in [0.1, 0.15) is 5.75 Å². The summed E-state index contributed by atoms with van der Waals surface area (Å²) in [5.74, 6) is 0.901. The normalized spacial score (nSPS) is 12.4. The van der Waals surface area contributed by atoms with E-state index in [0.29, 0.717) is 6.04 Å². The molecule has 0 bridgehead atoms. The molecule has 0 aromatic heterocycles. The van der Waals surface area contributed by atoms with Crippen molar-refractivity contribution in [1.29, 1.82) is 0 Å². The molecule has 0 aliphatic carbocycles. The van der Waals surface area contributed by atoms with Crippen LogP contribution in [0.15, 0.2) is 24.3 Å². The molecule has 17 heavy (non-hydrogen) atoms. The second-order valence-corrected chi connectivity index (χ2v) is 3.97. The maximum atomic E-state index is 5.48. The summed E-state index contributed by atoms with van der Waals surface area (Å²) in [6.07, 6.45) is 0.984. The fraction of sp³-hybridized carbons (Fsp3) is 0.571. The smallest absolute Gasteiger partial charge is 0.118 e. The lowest BCUT2D eigenvalue weighted by Crippen LogP contribution is -2.35. The van der Waals surface area contributed by atoms with E-state index in [1.165, 1.54) is 5.56 Å². The van der Waals surface area contributed by atoms with Crippen molar-refractivity contribution in [2.75, 3.05) is 26.9 Å². The van der Waals surface area contributed by atoms with Crippen molar-refractivity contribution in [2.24, 2.45) is 0 Å². The molecule has 0 heterocycles. The number of methoxy groups -OCH3 is 1. The first-order valence-electron chi connectivity index (χ1n) is 6.24. The lowest BCUT2D eigenvalue weighted by molar-refractivity contribution is 0.123. The predicted octanol–water partition coefficient (Wildman–Crippen LogP) is 2.25. The lowest BCUT2D eigenvalue weighted by atomic mass is 10.1. The molecule has 1 aromatic rings. The summed E-state index contributed by atoms with van der Waals surface area (Å²) in [5, 5.41) is 3.44. The van der Waals surface area contributed by atoms with Crippen molar-refractivity contribution in [3.05, 3.63) is 29.8 Å². The summed E-state index contributed by atoms with van der Waals surface area (Å²) in [4.78, 5) is 0. The van der Waals surface area contributed by atoms with Crippen LogP contribution in [-0.4, -0.2) is 32.9 Å². The van der Waals surface area contributed by atoms with Crippen LogP contribution in [0.4, 0.5) is 0 Å². The number of hydrogen-bond acceptors (Lipinski definition) is 3. The summed E-state index contributed by atoms with van der Waals surface area (Å²) >= 11 is 0. The number of likely N-dealkylation sites (N-methyl/N-ethyl adjacent to an activating group) is 1. The zero-order valence-corrected chi connectivity index (χ0v) is 11.0. The van der Waals surface area contributed by atoms with Crippen LogP contribution in [0.25, 0.3) is 0 Å². The Hall–Kier alpha value is -1.06. The Morgan fingerprint density at radius 3 is 2.41 bits per heavy atom. The zero-order chi connectivity index (χ0) is 12.5. The lowest BCUT2D eigenvalue weighted by Gasteiger charge is -2.17. The van der Waals surface area contributed by atoms with Crippen LogP contribution in [0, 0.1) is 0 Å². The molecule has 1 atom stereocenters. The Morgan fingerprint density at radius 1 is 1.18 bits per heavy atom. The van der Waals surface area contributed by atoms with Crippen LogP contribution in [0.3, 0.4) is 0 Å². The SMILES string of the molecule is CCNC(COCC)Cc1ccc(OC)cc1. The van der Waals surface area contributed by atoms with E-state index in [1.54, 1.807) is 7.11 Å². The van der Waals surface area contributed by atoms with Gasteiger partial charge in [-0.1, -0.05) is 19.1 Å². The topological polar surface area (TPSA) is 30.5 Å². The number of rotatable bonds is 8. The minimum Gasteiger partial charge on any atom is -0.497 e. The Kier molecular flexibility index (Phi) is 6.67. The largest absolute Gasteiger partial charge is 0.497 e. The standard InChI is InChI=1S/C14H23NO2/c1-4-15-13(11-17-5-2)10-12-6-8-14(16-3)9-7-12/h6-9,13,15H,4-5,10-11H2,1-3H3. The quantitative estimate of drug-likeness (QED) is 0.752. The van der Waals surface area contributed by atoms with E-state index in [9.17, 15) is 0 Å². The van der Waals surface area contributed by atoms with Gasteiger partial charge in [0.25, 0.3) is 0 Å². The molecule has 1 aromatic carbocycles. The summed E-state index contributed by atoms with van der Waals surface area (Å²) < 4.78 is 10.6. The second-order valence-electron chi connectivity index (χ2n) is 3.97. The number of benzene rings is 1. The monoisotopic (exact) mass is 237 g/mol. The second kappa shape index (κ2) is 8.09. The third kappa shape index (κ3) is 5.20. The van der Waals surface area contributed by atoms with Crippen LogP contribution in [0.5, 0.6) is 5.75 Å². The Morgan fingerprint density at radius 2 is 1.88 bits per heavy atom. The Labute approximate surface area is 104 Å². The highest BCUT2D eigenvalue weighted by Gasteiger charge is 2.08. The first-order chi connectivity index (χ1) is 8.30. The van der Waals surface area contributed by atoms with Crippen molar-refractivity contribution in [1.82, 2.24) is 5.32 Å². The maximum Gasteiger partial charge on any atom is 0.118 e. The fourth-order valence-corrected chi connectivity index (χ4v) is 1.78. The molecule has 0 saturated carbocycles. The van der Waals surface area contributed by atoms with Crippen LogP contribution < -0.4 is 10.1 Å². The van der Waals surface area contributed by atoms with Gasteiger partial charge in [-0.3, -0.25) is 0 Å². The van der Waals surface area contributed by atoms with Gasteiger partial charge in [0.15, 0.2) is 0 Å². The molecule has 1 unspecified atom stereocenters. The van der Waals surface area contributed by atoms with Crippen molar-refractivity contribution in [3.8, 4) is 5.75 Å². The summed E-state index contributed by atoms with van der Waals surface area (Å²) in [6.45, 7) is 6.64. The molecular weight excluding hydrogens is 214 g/mol. The van der Waals surface area contributed by atoms with E-state index in [0.717, 1.165) is 31.9 Å². The number of hydrogen-bond donors (Lipinski definition) is 1. The van der Waals surface area contributed by atoms with E-state index < -0.39 is 0 Å². The zero-order valence-electron chi connectivity index (χ0n) is 11.0. The van der Waals surface area contributed by atoms with Crippen LogP contribution in [0.2, 0.25) is 0 Å². The first kappa shape index (κ1) is 14.0. The molecule has 0 spiro atoms. The van der Waals surface area contributed by atoms with Crippen LogP contribution >= 0.6 is 0 Å². The third-order valence-corrected chi connectivity index (χ3v) is 2.66. The number of ether oxygens (including phenoxy) is 2. The first-order valence-corrected chi connectivity index (χ1v) is 6.24.